The fraction of sp³-hybridized carbons (Fsp3) is 0.381. The number of likely N-dealkylation sites (tertiary alicyclic amines) is 1. The van der Waals surface area contributed by atoms with Gasteiger partial charge in [-0.2, -0.15) is 0 Å². The van der Waals surface area contributed by atoms with Crippen LogP contribution >= 0.6 is 0 Å². The van der Waals surface area contributed by atoms with E-state index in [4.69, 9.17) is 4.74 Å². The number of nitrogens with one attached hydrogen (secondary N) is 1. The Hall–Kier alpha value is -2.37. The van der Waals surface area contributed by atoms with E-state index in [2.05, 4.69) is 10.2 Å². The zero-order valence-electron chi connectivity index (χ0n) is 15.1. The number of amides is 1. The second-order valence-corrected chi connectivity index (χ2v) is 6.75. The van der Waals surface area contributed by atoms with Crippen molar-refractivity contribution in [3.8, 4) is 5.75 Å². The van der Waals surface area contributed by atoms with Crippen molar-refractivity contribution in [2.75, 3.05) is 32.1 Å². The van der Waals surface area contributed by atoms with E-state index in [1.54, 1.807) is 13.2 Å². The third-order valence-electron chi connectivity index (χ3n) is 4.94. The Morgan fingerprint density at radius 3 is 2.62 bits per heavy atom. The van der Waals surface area contributed by atoms with Gasteiger partial charge in [0.15, 0.2) is 0 Å². The first-order valence-electron chi connectivity index (χ1n) is 9.05. The van der Waals surface area contributed by atoms with Crippen LogP contribution < -0.4 is 10.1 Å². The number of rotatable bonds is 6. The minimum Gasteiger partial charge on any atom is -0.497 e. The Bertz CT molecular complexity index is 712. The summed E-state index contributed by atoms with van der Waals surface area (Å²) in [5.41, 5.74) is 1.71. The number of aliphatic hydroxyl groups excluding tert-OH is 1. The molecule has 0 bridgehead atoms. The maximum absolute atomic E-state index is 12.3. The van der Waals surface area contributed by atoms with E-state index in [0.717, 1.165) is 42.9 Å². The molecule has 5 nitrogen and oxygen atoms in total. The Balaban J connectivity index is 1.47. The molecule has 3 rings (SSSR count). The molecule has 1 amide bonds. The summed E-state index contributed by atoms with van der Waals surface area (Å²) in [5.74, 6) is 0.939. The first-order chi connectivity index (χ1) is 12.7. The van der Waals surface area contributed by atoms with Gasteiger partial charge in [0.25, 0.3) is 0 Å². The highest BCUT2D eigenvalue weighted by Crippen LogP contribution is 2.30. The van der Waals surface area contributed by atoms with Crippen LogP contribution in [-0.4, -0.2) is 42.7 Å². The summed E-state index contributed by atoms with van der Waals surface area (Å²) in [7, 11) is 1.61. The molecule has 26 heavy (non-hydrogen) atoms. The van der Waals surface area contributed by atoms with E-state index in [1.165, 1.54) is 0 Å². The van der Waals surface area contributed by atoms with Crippen LogP contribution in [0.1, 0.15) is 24.5 Å². The van der Waals surface area contributed by atoms with Gasteiger partial charge in [-0.05, 0) is 49.5 Å². The van der Waals surface area contributed by atoms with Crippen molar-refractivity contribution in [1.29, 1.82) is 0 Å². The van der Waals surface area contributed by atoms with E-state index in [-0.39, 0.29) is 11.8 Å². The maximum Gasteiger partial charge on any atom is 0.238 e. The number of anilines is 1. The highest BCUT2D eigenvalue weighted by molar-refractivity contribution is 5.92. The largest absolute Gasteiger partial charge is 0.497 e. The highest BCUT2D eigenvalue weighted by Gasteiger charge is 2.26. The molecule has 1 aliphatic rings. The summed E-state index contributed by atoms with van der Waals surface area (Å²) in [5, 5.41) is 13.5. The molecule has 0 aromatic heterocycles. The molecule has 2 aromatic carbocycles. The zero-order chi connectivity index (χ0) is 18.4. The van der Waals surface area contributed by atoms with E-state index >= 15 is 0 Å². The second-order valence-electron chi connectivity index (χ2n) is 6.75. The lowest BCUT2D eigenvalue weighted by atomic mass is 9.87. The van der Waals surface area contributed by atoms with Gasteiger partial charge >= 0.3 is 0 Å². The van der Waals surface area contributed by atoms with Gasteiger partial charge in [-0.25, -0.2) is 0 Å². The number of piperidine rings is 1. The monoisotopic (exact) mass is 354 g/mol. The molecule has 0 spiro atoms. The summed E-state index contributed by atoms with van der Waals surface area (Å²) >= 11 is 0. The van der Waals surface area contributed by atoms with Crippen molar-refractivity contribution < 1.29 is 14.6 Å². The summed E-state index contributed by atoms with van der Waals surface area (Å²) < 4.78 is 5.17. The molecule has 0 radical (unpaired) electrons. The Morgan fingerprint density at radius 2 is 1.92 bits per heavy atom. The SMILES string of the molecule is COc1cccc(NC(=O)CN2CCC([C@H](O)c3ccccc3)CC2)c1. The van der Waals surface area contributed by atoms with Crippen molar-refractivity contribution in [3.63, 3.8) is 0 Å². The predicted octanol–water partition coefficient (Wildman–Crippen LogP) is 3.08. The van der Waals surface area contributed by atoms with Crippen LogP contribution in [-0.2, 0) is 4.79 Å². The number of carbonyl (C=O) groups excluding carboxylic acids is 1. The molecule has 1 aliphatic heterocycles. The molecule has 2 aromatic rings. The zero-order valence-corrected chi connectivity index (χ0v) is 15.1. The Morgan fingerprint density at radius 1 is 1.19 bits per heavy atom. The summed E-state index contributed by atoms with van der Waals surface area (Å²) in [6, 6.07) is 17.2. The van der Waals surface area contributed by atoms with Crippen LogP contribution in [0.25, 0.3) is 0 Å². The fourth-order valence-electron chi connectivity index (χ4n) is 3.45. The molecule has 5 heteroatoms. The number of methoxy groups -OCH3 is 1. The molecular formula is C21H26N2O3. The molecular weight excluding hydrogens is 328 g/mol. The lowest BCUT2D eigenvalue weighted by Crippen LogP contribution is -2.40. The minimum atomic E-state index is -0.427. The lowest BCUT2D eigenvalue weighted by molar-refractivity contribution is -0.117. The van der Waals surface area contributed by atoms with Crippen molar-refractivity contribution >= 4 is 11.6 Å². The number of aliphatic hydroxyl groups is 1. The Labute approximate surface area is 154 Å². The van der Waals surface area contributed by atoms with E-state index in [9.17, 15) is 9.90 Å². The molecule has 1 atom stereocenters. The minimum absolute atomic E-state index is 0.0275. The summed E-state index contributed by atoms with van der Waals surface area (Å²) in [6.45, 7) is 2.01. The van der Waals surface area contributed by atoms with E-state index in [1.807, 2.05) is 48.5 Å². The van der Waals surface area contributed by atoms with Crippen LogP contribution in [0.4, 0.5) is 5.69 Å². The van der Waals surface area contributed by atoms with Gasteiger partial charge in [0.2, 0.25) is 5.91 Å². The maximum atomic E-state index is 12.3. The van der Waals surface area contributed by atoms with Gasteiger partial charge in [-0.1, -0.05) is 36.4 Å². The number of hydrogen-bond donors (Lipinski definition) is 2. The molecule has 138 valence electrons. The van der Waals surface area contributed by atoms with Crippen LogP contribution in [0, 0.1) is 5.92 Å². The second kappa shape index (κ2) is 8.83. The standard InChI is InChI=1S/C21H26N2O3/c1-26-19-9-5-8-18(14-19)22-20(24)15-23-12-10-17(11-13-23)21(25)16-6-3-2-4-7-16/h2-9,14,17,21,25H,10-13,15H2,1H3,(H,22,24)/t21-/m1/s1. The molecule has 0 unspecified atom stereocenters. The number of hydrogen-bond acceptors (Lipinski definition) is 4. The van der Waals surface area contributed by atoms with Crippen molar-refractivity contribution in [1.82, 2.24) is 4.90 Å². The number of carbonyl (C=O) groups is 1. The molecule has 1 saturated heterocycles. The Kier molecular flexibility index (Phi) is 6.26. The number of ether oxygens (including phenoxy) is 1. The number of benzene rings is 2. The van der Waals surface area contributed by atoms with Crippen molar-refractivity contribution in [3.05, 3.63) is 60.2 Å². The van der Waals surface area contributed by atoms with Crippen LogP contribution in [0.2, 0.25) is 0 Å². The smallest absolute Gasteiger partial charge is 0.238 e. The van der Waals surface area contributed by atoms with Gasteiger partial charge in [-0.3, -0.25) is 9.69 Å². The highest BCUT2D eigenvalue weighted by atomic mass is 16.5. The first kappa shape index (κ1) is 18.4. The average molecular weight is 354 g/mol. The molecule has 1 fully saturated rings. The topological polar surface area (TPSA) is 61.8 Å². The van der Waals surface area contributed by atoms with E-state index in [0.29, 0.717) is 6.54 Å². The molecule has 0 saturated carbocycles. The molecule has 0 aliphatic carbocycles. The van der Waals surface area contributed by atoms with Crippen molar-refractivity contribution in [2.45, 2.75) is 18.9 Å². The van der Waals surface area contributed by atoms with Crippen LogP contribution in [0.3, 0.4) is 0 Å². The van der Waals surface area contributed by atoms with Gasteiger partial charge in [0.05, 0.1) is 19.8 Å². The number of nitrogens with zero attached hydrogens (tertiary/aromatic N) is 1. The molecule has 1 heterocycles. The normalized spacial score (nSPS) is 16.8. The summed E-state index contributed by atoms with van der Waals surface area (Å²) in [6.07, 6.45) is 1.36. The van der Waals surface area contributed by atoms with Gasteiger partial charge in [0, 0.05) is 11.8 Å². The van der Waals surface area contributed by atoms with Gasteiger partial charge in [-0.15, -0.1) is 0 Å². The third-order valence-corrected chi connectivity index (χ3v) is 4.94. The lowest BCUT2D eigenvalue weighted by Gasteiger charge is -2.34. The third kappa shape index (κ3) is 4.84. The van der Waals surface area contributed by atoms with E-state index < -0.39 is 6.10 Å². The first-order valence-corrected chi connectivity index (χ1v) is 9.05. The van der Waals surface area contributed by atoms with Gasteiger partial charge < -0.3 is 15.2 Å². The molecule has 2 N–H and O–H groups in total. The van der Waals surface area contributed by atoms with Gasteiger partial charge in [0.1, 0.15) is 5.75 Å². The van der Waals surface area contributed by atoms with Crippen LogP contribution in [0.5, 0.6) is 5.75 Å². The fourth-order valence-corrected chi connectivity index (χ4v) is 3.45. The summed E-state index contributed by atoms with van der Waals surface area (Å²) in [4.78, 5) is 14.4. The van der Waals surface area contributed by atoms with Crippen LogP contribution in [0.15, 0.2) is 54.6 Å². The predicted molar refractivity (Wildman–Crippen MR) is 102 cm³/mol. The van der Waals surface area contributed by atoms with Crippen molar-refractivity contribution in [2.24, 2.45) is 5.92 Å². The average Bonchev–Trinajstić information content (AvgIpc) is 2.69. The quantitative estimate of drug-likeness (QED) is 0.837.